The van der Waals surface area contributed by atoms with Gasteiger partial charge in [-0.1, -0.05) is 30.3 Å². The molecule has 3 nitrogen and oxygen atoms in total. The van der Waals surface area contributed by atoms with Crippen LogP contribution in [0.25, 0.3) is 0 Å². The Hall–Kier alpha value is -0.900. The van der Waals surface area contributed by atoms with Crippen molar-refractivity contribution in [2.24, 2.45) is 5.92 Å². The maximum absolute atomic E-state index is 10.1. The molecule has 18 heavy (non-hydrogen) atoms. The van der Waals surface area contributed by atoms with Crippen LogP contribution in [0, 0.1) is 5.92 Å². The quantitative estimate of drug-likeness (QED) is 0.830. The first kappa shape index (κ1) is 13.5. The van der Waals surface area contributed by atoms with E-state index in [9.17, 15) is 5.11 Å². The van der Waals surface area contributed by atoms with Crippen LogP contribution in [-0.2, 0) is 11.2 Å². The molecule has 0 spiro atoms. The number of hydrogen-bond acceptors (Lipinski definition) is 3. The molecule has 1 heterocycles. The molecule has 1 N–H and O–H groups in total. The number of hydrogen-bond donors (Lipinski definition) is 1. The average molecular weight is 249 g/mol. The van der Waals surface area contributed by atoms with Gasteiger partial charge >= 0.3 is 0 Å². The van der Waals surface area contributed by atoms with Gasteiger partial charge in [0.25, 0.3) is 0 Å². The number of benzene rings is 1. The first-order valence-electron chi connectivity index (χ1n) is 6.74. The summed E-state index contributed by atoms with van der Waals surface area (Å²) in [6.45, 7) is 3.23. The van der Waals surface area contributed by atoms with Crippen molar-refractivity contribution >= 4 is 0 Å². The zero-order valence-corrected chi connectivity index (χ0v) is 11.1. The van der Waals surface area contributed by atoms with Gasteiger partial charge in [-0.3, -0.25) is 0 Å². The zero-order chi connectivity index (χ0) is 12.8. The van der Waals surface area contributed by atoms with E-state index in [1.54, 1.807) is 0 Å². The molecule has 0 aliphatic carbocycles. The molecule has 1 saturated heterocycles. The SMILES string of the molecule is CN(CCc1ccccc1)CC(O)C1CCOC1. The number of rotatable bonds is 6. The normalized spacial score (nSPS) is 21.4. The Morgan fingerprint density at radius 2 is 2.17 bits per heavy atom. The lowest BCUT2D eigenvalue weighted by atomic mass is 10.0. The number of ether oxygens (including phenoxy) is 1. The smallest absolute Gasteiger partial charge is 0.0717 e. The first-order chi connectivity index (χ1) is 8.75. The summed E-state index contributed by atoms with van der Waals surface area (Å²) < 4.78 is 5.31. The fraction of sp³-hybridized carbons (Fsp3) is 0.600. The van der Waals surface area contributed by atoms with E-state index in [4.69, 9.17) is 4.74 Å². The second-order valence-corrected chi connectivity index (χ2v) is 5.19. The van der Waals surface area contributed by atoms with Gasteiger partial charge in [0.1, 0.15) is 0 Å². The maximum atomic E-state index is 10.1. The van der Waals surface area contributed by atoms with E-state index in [2.05, 4.69) is 36.2 Å². The molecular weight excluding hydrogens is 226 g/mol. The minimum Gasteiger partial charge on any atom is -0.391 e. The molecule has 0 aromatic heterocycles. The molecule has 1 aliphatic rings. The first-order valence-corrected chi connectivity index (χ1v) is 6.74. The lowest BCUT2D eigenvalue weighted by Gasteiger charge is -2.23. The molecule has 2 atom stereocenters. The summed E-state index contributed by atoms with van der Waals surface area (Å²) in [5.41, 5.74) is 1.35. The van der Waals surface area contributed by atoms with E-state index in [0.29, 0.717) is 12.5 Å². The van der Waals surface area contributed by atoms with E-state index >= 15 is 0 Å². The van der Waals surface area contributed by atoms with Gasteiger partial charge in [0.05, 0.1) is 12.7 Å². The molecule has 0 radical (unpaired) electrons. The molecule has 2 unspecified atom stereocenters. The van der Waals surface area contributed by atoms with Crippen molar-refractivity contribution in [1.82, 2.24) is 4.90 Å². The Morgan fingerprint density at radius 1 is 1.39 bits per heavy atom. The Kier molecular flexibility index (Phi) is 5.17. The van der Waals surface area contributed by atoms with Crippen molar-refractivity contribution in [1.29, 1.82) is 0 Å². The lowest BCUT2D eigenvalue weighted by molar-refractivity contribution is 0.0636. The van der Waals surface area contributed by atoms with Gasteiger partial charge in [-0.15, -0.1) is 0 Å². The van der Waals surface area contributed by atoms with Crippen molar-refractivity contribution in [3.05, 3.63) is 35.9 Å². The molecule has 3 heteroatoms. The molecule has 0 bridgehead atoms. The molecule has 1 aromatic carbocycles. The van der Waals surface area contributed by atoms with Gasteiger partial charge in [0.15, 0.2) is 0 Å². The van der Waals surface area contributed by atoms with Crippen LogP contribution in [0.1, 0.15) is 12.0 Å². The van der Waals surface area contributed by atoms with Gasteiger partial charge in [-0.25, -0.2) is 0 Å². The highest BCUT2D eigenvalue weighted by molar-refractivity contribution is 5.14. The van der Waals surface area contributed by atoms with Gasteiger partial charge in [-0.2, -0.15) is 0 Å². The fourth-order valence-corrected chi connectivity index (χ4v) is 2.38. The van der Waals surface area contributed by atoms with E-state index in [1.807, 2.05) is 6.07 Å². The van der Waals surface area contributed by atoms with E-state index in [-0.39, 0.29) is 6.10 Å². The molecular formula is C15H23NO2. The monoisotopic (exact) mass is 249 g/mol. The third kappa shape index (κ3) is 4.09. The lowest BCUT2D eigenvalue weighted by Crippen LogP contribution is -2.35. The predicted molar refractivity (Wildman–Crippen MR) is 72.6 cm³/mol. The summed E-state index contributed by atoms with van der Waals surface area (Å²) in [5, 5.41) is 10.1. The second-order valence-electron chi connectivity index (χ2n) is 5.19. The van der Waals surface area contributed by atoms with Crippen molar-refractivity contribution in [2.75, 3.05) is 33.4 Å². The fourth-order valence-electron chi connectivity index (χ4n) is 2.38. The van der Waals surface area contributed by atoms with Crippen LogP contribution in [0.3, 0.4) is 0 Å². The molecule has 100 valence electrons. The number of aliphatic hydroxyl groups excluding tert-OH is 1. The van der Waals surface area contributed by atoms with Gasteiger partial charge in [0, 0.05) is 25.6 Å². The number of nitrogens with zero attached hydrogens (tertiary/aromatic N) is 1. The molecule has 0 saturated carbocycles. The Morgan fingerprint density at radius 3 is 2.83 bits per heavy atom. The second kappa shape index (κ2) is 6.88. The minimum atomic E-state index is -0.256. The van der Waals surface area contributed by atoms with Crippen LogP contribution in [0.5, 0.6) is 0 Å². The van der Waals surface area contributed by atoms with Gasteiger partial charge < -0.3 is 14.7 Å². The highest BCUT2D eigenvalue weighted by atomic mass is 16.5. The van der Waals surface area contributed by atoms with Crippen molar-refractivity contribution < 1.29 is 9.84 Å². The summed E-state index contributed by atoms with van der Waals surface area (Å²) >= 11 is 0. The highest BCUT2D eigenvalue weighted by Crippen LogP contribution is 2.17. The highest BCUT2D eigenvalue weighted by Gasteiger charge is 2.24. The Balaban J connectivity index is 1.70. The summed E-state index contributed by atoms with van der Waals surface area (Å²) in [7, 11) is 2.07. The largest absolute Gasteiger partial charge is 0.391 e. The third-order valence-electron chi connectivity index (χ3n) is 3.63. The minimum absolute atomic E-state index is 0.256. The number of aliphatic hydroxyl groups is 1. The van der Waals surface area contributed by atoms with Crippen molar-refractivity contribution in [3.8, 4) is 0 Å². The maximum Gasteiger partial charge on any atom is 0.0717 e. The summed E-state index contributed by atoms with van der Waals surface area (Å²) in [6, 6.07) is 10.5. The molecule has 2 rings (SSSR count). The third-order valence-corrected chi connectivity index (χ3v) is 3.63. The molecule has 1 aliphatic heterocycles. The topological polar surface area (TPSA) is 32.7 Å². The molecule has 1 fully saturated rings. The van der Waals surface area contributed by atoms with E-state index in [1.165, 1.54) is 5.56 Å². The van der Waals surface area contributed by atoms with Crippen LogP contribution in [-0.4, -0.2) is 49.5 Å². The van der Waals surface area contributed by atoms with Crippen molar-refractivity contribution in [2.45, 2.75) is 18.9 Å². The average Bonchev–Trinajstić information content (AvgIpc) is 2.91. The summed E-state index contributed by atoms with van der Waals surface area (Å²) in [6.07, 6.45) is 1.77. The van der Waals surface area contributed by atoms with Crippen molar-refractivity contribution in [3.63, 3.8) is 0 Å². The van der Waals surface area contributed by atoms with Crippen LogP contribution >= 0.6 is 0 Å². The van der Waals surface area contributed by atoms with Gasteiger partial charge in [0.2, 0.25) is 0 Å². The van der Waals surface area contributed by atoms with Crippen LogP contribution in [0.2, 0.25) is 0 Å². The summed E-state index contributed by atoms with van der Waals surface area (Å²) in [4.78, 5) is 2.20. The van der Waals surface area contributed by atoms with E-state index < -0.39 is 0 Å². The number of likely N-dealkylation sites (N-methyl/N-ethyl adjacent to an activating group) is 1. The predicted octanol–water partition coefficient (Wildman–Crippen LogP) is 1.56. The zero-order valence-electron chi connectivity index (χ0n) is 11.1. The Bertz CT molecular complexity index is 336. The van der Waals surface area contributed by atoms with Crippen LogP contribution < -0.4 is 0 Å². The standard InChI is InChI=1S/C15H23NO2/c1-16(9-7-13-5-3-2-4-6-13)11-15(17)14-8-10-18-12-14/h2-6,14-15,17H,7-12H2,1H3. The van der Waals surface area contributed by atoms with Crippen LogP contribution in [0.15, 0.2) is 30.3 Å². The molecule has 1 aromatic rings. The Labute approximate surface area is 109 Å². The van der Waals surface area contributed by atoms with Crippen LogP contribution in [0.4, 0.5) is 0 Å². The van der Waals surface area contributed by atoms with E-state index in [0.717, 1.165) is 32.5 Å². The molecule has 0 amide bonds. The van der Waals surface area contributed by atoms with Gasteiger partial charge in [-0.05, 0) is 25.5 Å². The summed E-state index contributed by atoms with van der Waals surface area (Å²) in [5.74, 6) is 0.323.